The lowest BCUT2D eigenvalue weighted by molar-refractivity contribution is 0.326. The van der Waals surface area contributed by atoms with E-state index in [-0.39, 0.29) is 5.41 Å². The molecular formula is C19H25N3O. The number of anilines is 1. The number of rotatable bonds is 5. The Balaban J connectivity index is 2.06. The molecule has 1 aliphatic rings. The number of aromatic nitrogens is 1. The number of hydroxylamine groups is 1. The molecular weight excluding hydrogens is 286 g/mol. The number of nitrogens with zero attached hydrogens (tertiary/aromatic N) is 2. The van der Waals surface area contributed by atoms with Gasteiger partial charge in [-0.3, -0.25) is 4.98 Å². The number of aryl methyl sites for hydroxylation is 1. The highest BCUT2D eigenvalue weighted by Crippen LogP contribution is 2.48. The standard InChI is InChI=1S/C19H25N3O/c1-4-15-13-20-12-11-17(15)21-22(23)14-19(5-2,6-3)16-9-7-8-10-18(16)22/h7-13H,4-6,14H2,1-3H3,(H,20,21). The molecule has 4 heteroatoms. The molecule has 1 aromatic heterocycles. The highest BCUT2D eigenvalue weighted by molar-refractivity contribution is 5.64. The van der Waals surface area contributed by atoms with Crippen LogP contribution in [0, 0.1) is 5.21 Å². The van der Waals surface area contributed by atoms with Crippen LogP contribution in [-0.2, 0) is 11.8 Å². The molecule has 0 saturated carbocycles. The fourth-order valence-electron chi connectivity index (χ4n) is 3.80. The SMILES string of the molecule is CCc1cnccc1N[N+]1([O-])CC(CC)(CC)c2ccccc21. The van der Waals surface area contributed by atoms with Crippen LogP contribution in [0.5, 0.6) is 0 Å². The predicted octanol–water partition coefficient (Wildman–Crippen LogP) is 4.55. The first-order valence-corrected chi connectivity index (χ1v) is 8.49. The Morgan fingerprint density at radius 3 is 2.61 bits per heavy atom. The van der Waals surface area contributed by atoms with E-state index in [1.165, 1.54) is 5.56 Å². The molecule has 1 atom stereocenters. The molecule has 0 spiro atoms. The smallest absolute Gasteiger partial charge is 0.161 e. The van der Waals surface area contributed by atoms with Crippen LogP contribution in [0.15, 0.2) is 42.7 Å². The maximum Gasteiger partial charge on any atom is 0.161 e. The van der Waals surface area contributed by atoms with Crippen LogP contribution < -0.4 is 10.2 Å². The van der Waals surface area contributed by atoms with Gasteiger partial charge in [0.05, 0.1) is 11.1 Å². The molecule has 0 bridgehead atoms. The first-order valence-electron chi connectivity index (χ1n) is 8.49. The molecule has 1 aliphatic heterocycles. The highest BCUT2D eigenvalue weighted by atomic mass is 16.6. The van der Waals surface area contributed by atoms with Crippen molar-refractivity contribution in [3.8, 4) is 0 Å². The summed E-state index contributed by atoms with van der Waals surface area (Å²) < 4.78 is -0.491. The van der Waals surface area contributed by atoms with Gasteiger partial charge in [-0.1, -0.05) is 39.0 Å². The zero-order valence-electron chi connectivity index (χ0n) is 14.2. The first-order chi connectivity index (χ1) is 11.1. The van der Waals surface area contributed by atoms with E-state index in [2.05, 4.69) is 37.2 Å². The van der Waals surface area contributed by atoms with E-state index in [9.17, 15) is 5.21 Å². The molecule has 3 rings (SSSR count). The first kappa shape index (κ1) is 16.0. The molecule has 2 heterocycles. The molecule has 0 fully saturated rings. The van der Waals surface area contributed by atoms with E-state index < -0.39 is 4.76 Å². The van der Waals surface area contributed by atoms with Gasteiger partial charge in [-0.05, 0) is 30.9 Å². The fraction of sp³-hybridized carbons (Fsp3) is 0.421. The molecule has 1 unspecified atom stereocenters. The van der Waals surface area contributed by atoms with Crippen molar-refractivity contribution in [1.29, 1.82) is 0 Å². The minimum absolute atomic E-state index is 0.0508. The van der Waals surface area contributed by atoms with Gasteiger partial charge >= 0.3 is 0 Å². The van der Waals surface area contributed by atoms with Crippen LogP contribution in [-0.4, -0.2) is 11.5 Å². The maximum atomic E-state index is 13.7. The summed E-state index contributed by atoms with van der Waals surface area (Å²) in [7, 11) is 0. The number of hydrogen-bond donors (Lipinski definition) is 1. The third kappa shape index (κ3) is 2.52. The summed E-state index contributed by atoms with van der Waals surface area (Å²) in [5.74, 6) is 0. The molecule has 23 heavy (non-hydrogen) atoms. The van der Waals surface area contributed by atoms with Crippen molar-refractivity contribution < 1.29 is 0 Å². The Morgan fingerprint density at radius 1 is 1.17 bits per heavy atom. The van der Waals surface area contributed by atoms with Crippen molar-refractivity contribution in [1.82, 2.24) is 9.74 Å². The number of quaternary nitrogens is 1. The Hall–Kier alpha value is -1.91. The number of hydrogen-bond acceptors (Lipinski definition) is 3. The maximum absolute atomic E-state index is 13.7. The van der Waals surface area contributed by atoms with Gasteiger partial charge in [0.15, 0.2) is 5.69 Å². The number of fused-ring (bicyclic) bond motifs is 1. The summed E-state index contributed by atoms with van der Waals surface area (Å²) in [6.07, 6.45) is 6.37. The molecule has 0 radical (unpaired) electrons. The Kier molecular flexibility index (Phi) is 4.13. The Bertz CT molecular complexity index is 697. The van der Waals surface area contributed by atoms with Gasteiger partial charge < -0.3 is 5.21 Å². The van der Waals surface area contributed by atoms with E-state index in [0.29, 0.717) is 6.54 Å². The average molecular weight is 311 g/mol. The van der Waals surface area contributed by atoms with E-state index in [1.54, 1.807) is 6.20 Å². The molecule has 122 valence electrons. The second kappa shape index (κ2) is 5.95. The lowest BCUT2D eigenvalue weighted by Gasteiger charge is -2.40. The minimum Gasteiger partial charge on any atom is -0.601 e. The second-order valence-corrected chi connectivity index (χ2v) is 6.40. The third-order valence-electron chi connectivity index (χ3n) is 5.33. The Labute approximate surface area is 138 Å². The minimum atomic E-state index is -0.491. The lowest BCUT2D eigenvalue weighted by atomic mass is 9.78. The van der Waals surface area contributed by atoms with Crippen LogP contribution in [0.3, 0.4) is 0 Å². The van der Waals surface area contributed by atoms with Crippen LogP contribution in [0.1, 0.15) is 44.7 Å². The molecule has 2 aromatic rings. The van der Waals surface area contributed by atoms with Crippen molar-refractivity contribution in [2.45, 2.75) is 45.4 Å². The van der Waals surface area contributed by atoms with Gasteiger partial charge in [-0.2, -0.15) is 0 Å². The van der Waals surface area contributed by atoms with Gasteiger partial charge in [0.25, 0.3) is 0 Å². The van der Waals surface area contributed by atoms with Crippen LogP contribution in [0.2, 0.25) is 0 Å². The summed E-state index contributed by atoms with van der Waals surface area (Å²) in [6.45, 7) is 6.97. The normalized spacial score (nSPS) is 21.9. The number of para-hydroxylation sites is 1. The number of nitrogens with one attached hydrogen (secondary N) is 1. The van der Waals surface area contributed by atoms with Crippen LogP contribution in [0.25, 0.3) is 0 Å². The largest absolute Gasteiger partial charge is 0.601 e. The highest BCUT2D eigenvalue weighted by Gasteiger charge is 2.48. The zero-order chi connectivity index (χ0) is 16.5. The van der Waals surface area contributed by atoms with Gasteiger partial charge in [0, 0.05) is 24.0 Å². The summed E-state index contributed by atoms with van der Waals surface area (Å²) in [4.78, 5) is 4.17. The van der Waals surface area contributed by atoms with E-state index in [4.69, 9.17) is 0 Å². The predicted molar refractivity (Wildman–Crippen MR) is 96.0 cm³/mol. The van der Waals surface area contributed by atoms with Crippen molar-refractivity contribution in [2.75, 3.05) is 12.0 Å². The topological polar surface area (TPSA) is 48.0 Å². The molecule has 0 aliphatic carbocycles. The average Bonchev–Trinajstić information content (AvgIpc) is 2.85. The van der Waals surface area contributed by atoms with Gasteiger partial charge in [0.2, 0.25) is 0 Å². The number of benzene rings is 1. The third-order valence-corrected chi connectivity index (χ3v) is 5.33. The zero-order valence-corrected chi connectivity index (χ0v) is 14.2. The molecule has 1 aromatic carbocycles. The summed E-state index contributed by atoms with van der Waals surface area (Å²) in [6, 6.07) is 9.99. The van der Waals surface area contributed by atoms with E-state index >= 15 is 0 Å². The molecule has 4 nitrogen and oxygen atoms in total. The quantitative estimate of drug-likeness (QED) is 0.651. The Morgan fingerprint density at radius 2 is 1.91 bits per heavy atom. The molecule has 0 amide bonds. The van der Waals surface area contributed by atoms with E-state index in [1.807, 2.05) is 30.5 Å². The van der Waals surface area contributed by atoms with Crippen molar-refractivity contribution in [2.24, 2.45) is 0 Å². The summed E-state index contributed by atoms with van der Waals surface area (Å²) in [5.41, 5.74) is 7.20. The summed E-state index contributed by atoms with van der Waals surface area (Å²) >= 11 is 0. The monoisotopic (exact) mass is 311 g/mol. The summed E-state index contributed by atoms with van der Waals surface area (Å²) in [5, 5.41) is 13.7. The fourth-order valence-corrected chi connectivity index (χ4v) is 3.80. The van der Waals surface area contributed by atoms with Crippen LogP contribution >= 0.6 is 0 Å². The van der Waals surface area contributed by atoms with Gasteiger partial charge in [-0.25, -0.2) is 10.2 Å². The van der Waals surface area contributed by atoms with E-state index in [0.717, 1.165) is 36.2 Å². The molecule has 1 N–H and O–H groups in total. The van der Waals surface area contributed by atoms with Gasteiger partial charge in [0.1, 0.15) is 6.54 Å². The number of pyridine rings is 1. The van der Waals surface area contributed by atoms with Crippen molar-refractivity contribution >= 4 is 11.4 Å². The van der Waals surface area contributed by atoms with Crippen molar-refractivity contribution in [3.05, 3.63) is 59.1 Å². The van der Waals surface area contributed by atoms with Gasteiger partial charge in [-0.15, -0.1) is 0 Å². The lowest BCUT2D eigenvalue weighted by Crippen LogP contribution is -2.50. The second-order valence-electron chi connectivity index (χ2n) is 6.40. The molecule has 0 saturated heterocycles. The van der Waals surface area contributed by atoms with Crippen molar-refractivity contribution in [3.63, 3.8) is 0 Å². The van der Waals surface area contributed by atoms with Crippen LogP contribution in [0.4, 0.5) is 11.4 Å².